The lowest BCUT2D eigenvalue weighted by atomic mass is 9.94. The Labute approximate surface area is 130 Å². The van der Waals surface area contributed by atoms with Crippen LogP contribution in [0.2, 0.25) is 0 Å². The van der Waals surface area contributed by atoms with Crippen LogP contribution in [0.5, 0.6) is 0 Å². The molecule has 0 amide bonds. The molecule has 1 unspecified atom stereocenters. The number of hydrogen-bond acceptors (Lipinski definition) is 3. The summed E-state index contributed by atoms with van der Waals surface area (Å²) in [5.74, 6) is -0.536. The number of carbonyl (C=O) groups excluding carboxylic acids is 2. The van der Waals surface area contributed by atoms with Gasteiger partial charge in [-0.25, -0.2) is 0 Å². The van der Waals surface area contributed by atoms with Crippen molar-refractivity contribution in [3.05, 3.63) is 35.5 Å². The number of ketones is 1. The molecule has 0 aliphatic carbocycles. The molecule has 0 spiro atoms. The fourth-order valence-corrected chi connectivity index (χ4v) is 3.52. The highest BCUT2D eigenvalue weighted by molar-refractivity contribution is 6.09. The number of Topliss-reactive ketones (excluding diaryl/α,β-unsaturated/α-hetero) is 1. The second-order valence-corrected chi connectivity index (χ2v) is 5.79. The highest BCUT2D eigenvalue weighted by Crippen LogP contribution is 2.37. The van der Waals surface area contributed by atoms with Gasteiger partial charge in [-0.1, -0.05) is 24.6 Å². The molecular formula is C18H21NO3. The molecule has 2 aromatic rings. The minimum absolute atomic E-state index is 0.0150. The maximum atomic E-state index is 12.4. The molecule has 4 nitrogen and oxygen atoms in total. The second kappa shape index (κ2) is 5.95. The molecule has 1 aromatic heterocycles. The zero-order chi connectivity index (χ0) is 15.7. The second-order valence-electron chi connectivity index (χ2n) is 5.79. The van der Waals surface area contributed by atoms with Crippen LogP contribution in [-0.4, -0.2) is 22.9 Å². The minimum Gasteiger partial charge on any atom is -0.465 e. The summed E-state index contributed by atoms with van der Waals surface area (Å²) in [4.78, 5) is 24.7. The molecular weight excluding hydrogens is 278 g/mol. The number of aryl methyl sites for hydroxylation is 1. The molecule has 3 rings (SSSR count). The van der Waals surface area contributed by atoms with Crippen LogP contribution in [0.1, 0.15) is 55.1 Å². The predicted molar refractivity (Wildman–Crippen MR) is 85.2 cm³/mol. The number of ether oxygens (including phenoxy) is 1. The maximum Gasteiger partial charge on any atom is 0.314 e. The molecule has 0 saturated carbocycles. The molecule has 116 valence electrons. The summed E-state index contributed by atoms with van der Waals surface area (Å²) in [6, 6.07) is 7.91. The largest absolute Gasteiger partial charge is 0.465 e. The third kappa shape index (κ3) is 2.32. The Balaban J connectivity index is 2.27. The maximum absolute atomic E-state index is 12.4. The van der Waals surface area contributed by atoms with Crippen molar-refractivity contribution < 1.29 is 14.3 Å². The Bertz CT molecular complexity index is 729. The summed E-state index contributed by atoms with van der Waals surface area (Å²) in [6.07, 6.45) is 2.73. The van der Waals surface area contributed by atoms with Crippen molar-refractivity contribution in [3.63, 3.8) is 0 Å². The van der Waals surface area contributed by atoms with Crippen LogP contribution in [0.4, 0.5) is 0 Å². The number of aromatic nitrogens is 1. The summed E-state index contributed by atoms with van der Waals surface area (Å²) in [5, 5.41) is 0.946. The number of para-hydroxylation sites is 1. The van der Waals surface area contributed by atoms with Gasteiger partial charge in [-0.3, -0.25) is 9.59 Å². The molecule has 22 heavy (non-hydrogen) atoms. The molecule has 0 bridgehead atoms. The van der Waals surface area contributed by atoms with Crippen molar-refractivity contribution in [2.75, 3.05) is 6.61 Å². The van der Waals surface area contributed by atoms with E-state index in [2.05, 4.69) is 4.57 Å². The van der Waals surface area contributed by atoms with Crippen molar-refractivity contribution in [1.82, 2.24) is 4.57 Å². The highest BCUT2D eigenvalue weighted by Gasteiger charge is 2.33. The lowest BCUT2D eigenvalue weighted by Crippen LogP contribution is -2.19. The molecule has 0 saturated heterocycles. The van der Waals surface area contributed by atoms with Gasteiger partial charge in [0.05, 0.1) is 12.5 Å². The average Bonchev–Trinajstić information content (AvgIpc) is 2.67. The van der Waals surface area contributed by atoms with Gasteiger partial charge in [-0.05, 0) is 32.8 Å². The summed E-state index contributed by atoms with van der Waals surface area (Å²) in [6.45, 7) is 4.61. The van der Waals surface area contributed by atoms with E-state index in [0.29, 0.717) is 12.2 Å². The number of rotatable bonds is 3. The van der Waals surface area contributed by atoms with Crippen LogP contribution in [-0.2, 0) is 16.1 Å². The normalized spacial score (nSPS) is 17.8. The SMILES string of the molecule is CCOC(=O)C1CCCCn2c1c(C(C)=O)c1ccccc12. The number of carbonyl (C=O) groups is 2. The molecule has 1 aromatic carbocycles. The number of fused-ring (bicyclic) bond motifs is 3. The Morgan fingerprint density at radius 1 is 1.27 bits per heavy atom. The first-order valence-electron chi connectivity index (χ1n) is 7.93. The van der Waals surface area contributed by atoms with Crippen LogP contribution in [0.25, 0.3) is 10.9 Å². The van der Waals surface area contributed by atoms with E-state index in [1.54, 1.807) is 6.92 Å². The van der Waals surface area contributed by atoms with E-state index in [1.165, 1.54) is 0 Å². The molecule has 0 N–H and O–H groups in total. The topological polar surface area (TPSA) is 48.3 Å². The third-order valence-corrected chi connectivity index (χ3v) is 4.39. The van der Waals surface area contributed by atoms with E-state index >= 15 is 0 Å². The van der Waals surface area contributed by atoms with Gasteiger partial charge in [-0.15, -0.1) is 0 Å². The number of hydrogen-bond donors (Lipinski definition) is 0. The highest BCUT2D eigenvalue weighted by atomic mass is 16.5. The Kier molecular flexibility index (Phi) is 4.01. The van der Waals surface area contributed by atoms with Gasteiger partial charge in [0.25, 0.3) is 0 Å². The fraction of sp³-hybridized carbons (Fsp3) is 0.444. The van der Waals surface area contributed by atoms with Crippen LogP contribution in [0.3, 0.4) is 0 Å². The molecule has 1 aliphatic rings. The van der Waals surface area contributed by atoms with E-state index in [9.17, 15) is 9.59 Å². The van der Waals surface area contributed by atoms with Crippen molar-refractivity contribution in [2.45, 2.75) is 45.6 Å². The monoisotopic (exact) mass is 299 g/mol. The van der Waals surface area contributed by atoms with E-state index in [1.807, 2.05) is 31.2 Å². The molecule has 4 heteroatoms. The Morgan fingerprint density at radius 3 is 2.77 bits per heavy atom. The van der Waals surface area contributed by atoms with Gasteiger partial charge in [0.15, 0.2) is 5.78 Å². The number of nitrogens with zero attached hydrogens (tertiary/aromatic N) is 1. The van der Waals surface area contributed by atoms with Crippen LogP contribution in [0, 0.1) is 0 Å². The minimum atomic E-state index is -0.339. The molecule has 1 aliphatic heterocycles. The van der Waals surface area contributed by atoms with E-state index in [0.717, 1.165) is 42.4 Å². The van der Waals surface area contributed by atoms with Crippen molar-refractivity contribution >= 4 is 22.7 Å². The van der Waals surface area contributed by atoms with Gasteiger partial charge in [0.2, 0.25) is 0 Å². The van der Waals surface area contributed by atoms with Crippen molar-refractivity contribution in [3.8, 4) is 0 Å². The van der Waals surface area contributed by atoms with Crippen LogP contribution < -0.4 is 0 Å². The van der Waals surface area contributed by atoms with Gasteiger partial charge < -0.3 is 9.30 Å². The zero-order valence-corrected chi connectivity index (χ0v) is 13.1. The average molecular weight is 299 g/mol. The smallest absolute Gasteiger partial charge is 0.314 e. The first-order valence-corrected chi connectivity index (χ1v) is 7.93. The lowest BCUT2D eigenvalue weighted by molar-refractivity contribution is -0.145. The van der Waals surface area contributed by atoms with E-state index in [4.69, 9.17) is 4.74 Å². The standard InChI is InChI=1S/C18H21NO3/c1-3-22-18(21)14-9-6-7-11-19-15-10-5-4-8-13(15)16(12(2)20)17(14)19/h4-5,8,10,14H,3,6-7,9,11H2,1-2H3. The van der Waals surface area contributed by atoms with Gasteiger partial charge >= 0.3 is 5.97 Å². The van der Waals surface area contributed by atoms with Crippen LogP contribution >= 0.6 is 0 Å². The molecule has 1 atom stereocenters. The lowest BCUT2D eigenvalue weighted by Gasteiger charge is -2.16. The molecule has 2 heterocycles. The van der Waals surface area contributed by atoms with Gasteiger partial charge in [0, 0.05) is 28.7 Å². The van der Waals surface area contributed by atoms with E-state index in [-0.39, 0.29) is 17.7 Å². The summed E-state index contributed by atoms with van der Waals surface area (Å²) in [5.41, 5.74) is 2.58. The zero-order valence-electron chi connectivity index (χ0n) is 13.1. The quantitative estimate of drug-likeness (QED) is 0.641. The molecule has 0 radical (unpaired) electrons. The van der Waals surface area contributed by atoms with Crippen molar-refractivity contribution in [1.29, 1.82) is 0 Å². The summed E-state index contributed by atoms with van der Waals surface area (Å²) < 4.78 is 7.41. The van der Waals surface area contributed by atoms with Gasteiger partial charge in [-0.2, -0.15) is 0 Å². The van der Waals surface area contributed by atoms with Crippen molar-refractivity contribution in [2.24, 2.45) is 0 Å². The van der Waals surface area contributed by atoms with E-state index < -0.39 is 0 Å². The Morgan fingerprint density at radius 2 is 2.05 bits per heavy atom. The first-order chi connectivity index (χ1) is 10.6. The van der Waals surface area contributed by atoms with Gasteiger partial charge in [0.1, 0.15) is 0 Å². The number of esters is 1. The molecule has 0 fully saturated rings. The summed E-state index contributed by atoms with van der Waals surface area (Å²) >= 11 is 0. The summed E-state index contributed by atoms with van der Waals surface area (Å²) in [7, 11) is 0. The predicted octanol–water partition coefficient (Wildman–Crippen LogP) is 3.67. The Hall–Kier alpha value is -2.10. The fourth-order valence-electron chi connectivity index (χ4n) is 3.52. The number of benzene rings is 1. The van der Waals surface area contributed by atoms with Crippen LogP contribution in [0.15, 0.2) is 24.3 Å². The third-order valence-electron chi connectivity index (χ3n) is 4.39. The first kappa shape index (κ1) is 14.8.